The molecule has 8 heteroatoms. The molecule has 2 aromatic heterocycles. The molecule has 0 bridgehead atoms. The molecule has 0 aliphatic heterocycles. The standard InChI is InChI=1S/C24H22ClN3O2S2/c1-30-20-12-11-19(25)23-22(20)27-24(32-23)28(16-17-7-5-13-26-15-17)21(29)10-6-14-31-18-8-3-2-4-9-18/h2-5,7-9,11-13,15H,6,10,14,16H2,1H3. The number of thiazole rings is 1. The Morgan fingerprint density at radius 3 is 2.75 bits per heavy atom. The highest BCUT2D eigenvalue weighted by Crippen LogP contribution is 2.39. The number of pyridine rings is 1. The van der Waals surface area contributed by atoms with Gasteiger partial charge in [0.25, 0.3) is 0 Å². The maximum atomic E-state index is 13.3. The van der Waals surface area contributed by atoms with Crippen LogP contribution < -0.4 is 9.64 Å². The second-order valence-electron chi connectivity index (χ2n) is 7.03. The van der Waals surface area contributed by atoms with Crippen LogP contribution in [0.1, 0.15) is 18.4 Å². The molecule has 0 aliphatic carbocycles. The Balaban J connectivity index is 1.54. The predicted octanol–water partition coefficient (Wildman–Crippen LogP) is 6.46. The van der Waals surface area contributed by atoms with E-state index in [1.807, 2.05) is 30.3 Å². The second kappa shape index (κ2) is 10.8. The van der Waals surface area contributed by atoms with Gasteiger partial charge in [-0.2, -0.15) is 0 Å². The van der Waals surface area contributed by atoms with E-state index in [0.29, 0.717) is 34.4 Å². The van der Waals surface area contributed by atoms with Gasteiger partial charge in [-0.25, -0.2) is 4.98 Å². The highest BCUT2D eigenvalue weighted by atomic mass is 35.5. The first-order valence-electron chi connectivity index (χ1n) is 10.2. The quantitative estimate of drug-likeness (QED) is 0.202. The van der Waals surface area contributed by atoms with E-state index in [-0.39, 0.29) is 5.91 Å². The molecule has 4 rings (SSSR count). The lowest BCUT2D eigenvalue weighted by Crippen LogP contribution is -2.30. The topological polar surface area (TPSA) is 55.3 Å². The summed E-state index contributed by atoms with van der Waals surface area (Å²) in [5.74, 6) is 1.53. The fraction of sp³-hybridized carbons (Fsp3) is 0.208. The summed E-state index contributed by atoms with van der Waals surface area (Å²) in [6, 6.07) is 17.6. The molecule has 0 N–H and O–H groups in total. The average Bonchev–Trinajstić information content (AvgIpc) is 3.28. The number of ether oxygens (including phenoxy) is 1. The minimum atomic E-state index is 0.0247. The number of methoxy groups -OCH3 is 1. The van der Waals surface area contributed by atoms with Crippen molar-refractivity contribution in [2.75, 3.05) is 17.8 Å². The third-order valence-electron chi connectivity index (χ3n) is 4.81. The molecule has 0 radical (unpaired) electrons. The van der Waals surface area contributed by atoms with E-state index in [0.717, 1.165) is 22.4 Å². The first-order valence-corrected chi connectivity index (χ1v) is 12.3. The molecule has 164 valence electrons. The Labute approximate surface area is 200 Å². The van der Waals surface area contributed by atoms with Crippen molar-refractivity contribution in [1.82, 2.24) is 9.97 Å². The Bertz CT molecular complexity index is 1190. The molecule has 0 spiro atoms. The number of benzene rings is 2. The van der Waals surface area contributed by atoms with Crippen molar-refractivity contribution in [3.8, 4) is 5.75 Å². The lowest BCUT2D eigenvalue weighted by Gasteiger charge is -2.20. The van der Waals surface area contributed by atoms with Gasteiger partial charge in [0.05, 0.1) is 23.4 Å². The molecular formula is C24H22ClN3O2S2. The van der Waals surface area contributed by atoms with E-state index in [2.05, 4.69) is 17.1 Å². The van der Waals surface area contributed by atoms with Crippen molar-refractivity contribution in [2.45, 2.75) is 24.3 Å². The molecule has 0 unspecified atom stereocenters. The predicted molar refractivity (Wildman–Crippen MR) is 133 cm³/mol. The molecule has 0 saturated carbocycles. The van der Waals surface area contributed by atoms with Crippen LogP contribution in [0, 0.1) is 0 Å². The molecule has 0 aliphatic rings. The van der Waals surface area contributed by atoms with Gasteiger partial charge in [-0.1, -0.05) is 47.2 Å². The number of anilines is 1. The van der Waals surface area contributed by atoms with Gasteiger partial charge in [0.1, 0.15) is 11.3 Å². The molecule has 0 fully saturated rings. The van der Waals surface area contributed by atoms with Crippen LogP contribution in [0.5, 0.6) is 5.75 Å². The zero-order valence-corrected chi connectivity index (χ0v) is 19.9. The number of nitrogens with zero attached hydrogens (tertiary/aromatic N) is 3. The molecule has 0 atom stereocenters. The van der Waals surface area contributed by atoms with Gasteiger partial charge in [0.2, 0.25) is 5.91 Å². The van der Waals surface area contributed by atoms with E-state index in [9.17, 15) is 4.79 Å². The number of amides is 1. The minimum absolute atomic E-state index is 0.0247. The number of hydrogen-bond acceptors (Lipinski definition) is 6. The van der Waals surface area contributed by atoms with E-state index < -0.39 is 0 Å². The summed E-state index contributed by atoms with van der Waals surface area (Å²) in [6.07, 6.45) is 4.70. The van der Waals surface area contributed by atoms with Crippen LogP contribution in [-0.2, 0) is 11.3 Å². The highest BCUT2D eigenvalue weighted by Gasteiger charge is 2.22. The molecule has 4 aromatic rings. The fourth-order valence-corrected chi connectivity index (χ4v) is 5.37. The number of hydrogen-bond donors (Lipinski definition) is 0. The molecule has 2 heterocycles. The van der Waals surface area contributed by atoms with Gasteiger partial charge in [0.15, 0.2) is 5.13 Å². The first kappa shape index (κ1) is 22.6. The van der Waals surface area contributed by atoms with Crippen LogP contribution >= 0.6 is 34.7 Å². The molecule has 32 heavy (non-hydrogen) atoms. The van der Waals surface area contributed by atoms with Crippen LogP contribution in [0.4, 0.5) is 5.13 Å². The minimum Gasteiger partial charge on any atom is -0.494 e. The van der Waals surface area contributed by atoms with Gasteiger partial charge < -0.3 is 4.74 Å². The first-order chi connectivity index (χ1) is 15.7. The van der Waals surface area contributed by atoms with Crippen molar-refractivity contribution in [2.24, 2.45) is 0 Å². The third kappa shape index (κ3) is 5.41. The Morgan fingerprint density at radius 2 is 2.00 bits per heavy atom. The van der Waals surface area contributed by atoms with Gasteiger partial charge >= 0.3 is 0 Å². The van der Waals surface area contributed by atoms with Crippen molar-refractivity contribution in [3.05, 3.63) is 77.6 Å². The number of carbonyl (C=O) groups is 1. The van der Waals surface area contributed by atoms with Crippen molar-refractivity contribution < 1.29 is 9.53 Å². The summed E-state index contributed by atoms with van der Waals surface area (Å²) in [6.45, 7) is 0.401. The highest BCUT2D eigenvalue weighted by molar-refractivity contribution is 7.99. The summed E-state index contributed by atoms with van der Waals surface area (Å²) in [4.78, 5) is 25.1. The molecule has 2 aromatic carbocycles. The maximum Gasteiger partial charge on any atom is 0.229 e. The van der Waals surface area contributed by atoms with Gasteiger partial charge in [0, 0.05) is 23.7 Å². The normalized spacial score (nSPS) is 10.9. The molecule has 5 nitrogen and oxygen atoms in total. The summed E-state index contributed by atoms with van der Waals surface area (Å²) < 4.78 is 6.25. The smallest absolute Gasteiger partial charge is 0.229 e. The van der Waals surface area contributed by atoms with Gasteiger partial charge in [-0.15, -0.1) is 11.8 Å². The van der Waals surface area contributed by atoms with Crippen LogP contribution in [0.2, 0.25) is 5.02 Å². The van der Waals surface area contributed by atoms with Crippen LogP contribution in [0.25, 0.3) is 10.2 Å². The Hall–Kier alpha value is -2.61. The molecule has 0 saturated heterocycles. The van der Waals surface area contributed by atoms with Crippen LogP contribution in [0.3, 0.4) is 0 Å². The Kier molecular flexibility index (Phi) is 7.63. The van der Waals surface area contributed by atoms with Gasteiger partial charge in [-0.05, 0) is 48.1 Å². The number of rotatable bonds is 9. The SMILES string of the molecule is COc1ccc(Cl)c2sc(N(Cc3cccnc3)C(=O)CCCSc3ccccc3)nc12. The fourth-order valence-electron chi connectivity index (χ4n) is 3.22. The van der Waals surface area contributed by atoms with Crippen molar-refractivity contribution in [1.29, 1.82) is 0 Å². The van der Waals surface area contributed by atoms with Crippen LogP contribution in [-0.4, -0.2) is 28.7 Å². The Morgan fingerprint density at radius 1 is 1.16 bits per heavy atom. The number of halogens is 1. The second-order valence-corrected chi connectivity index (χ2v) is 9.58. The van der Waals surface area contributed by atoms with E-state index in [4.69, 9.17) is 21.3 Å². The summed E-state index contributed by atoms with van der Waals surface area (Å²) in [5, 5.41) is 1.20. The van der Waals surface area contributed by atoms with Gasteiger partial charge in [-0.3, -0.25) is 14.7 Å². The lowest BCUT2D eigenvalue weighted by molar-refractivity contribution is -0.118. The molecule has 1 amide bonds. The summed E-state index contributed by atoms with van der Waals surface area (Å²) >= 11 is 9.56. The third-order valence-corrected chi connectivity index (χ3v) is 7.45. The van der Waals surface area contributed by atoms with Crippen LogP contribution in [0.15, 0.2) is 71.9 Å². The number of thioether (sulfide) groups is 1. The van der Waals surface area contributed by atoms with Crippen molar-refractivity contribution >= 4 is 56.0 Å². The average molecular weight is 484 g/mol. The lowest BCUT2D eigenvalue weighted by atomic mass is 10.2. The van der Waals surface area contributed by atoms with E-state index in [1.165, 1.54) is 16.2 Å². The van der Waals surface area contributed by atoms with E-state index >= 15 is 0 Å². The monoisotopic (exact) mass is 483 g/mol. The maximum absolute atomic E-state index is 13.3. The number of fused-ring (bicyclic) bond motifs is 1. The summed E-state index contributed by atoms with van der Waals surface area (Å²) in [5.41, 5.74) is 1.61. The zero-order valence-electron chi connectivity index (χ0n) is 17.5. The van der Waals surface area contributed by atoms with E-state index in [1.54, 1.807) is 48.3 Å². The summed E-state index contributed by atoms with van der Waals surface area (Å²) in [7, 11) is 1.60. The zero-order chi connectivity index (χ0) is 22.3. The largest absolute Gasteiger partial charge is 0.494 e. The van der Waals surface area contributed by atoms with Crippen molar-refractivity contribution in [3.63, 3.8) is 0 Å². The number of aromatic nitrogens is 2. The number of carbonyl (C=O) groups excluding carboxylic acids is 1. The molecular weight excluding hydrogens is 462 g/mol.